The molecule has 1 fully saturated rings. The van der Waals surface area contributed by atoms with Crippen molar-refractivity contribution in [3.63, 3.8) is 0 Å². The molecule has 0 radical (unpaired) electrons. The third kappa shape index (κ3) is 2.64. The molecule has 6 nitrogen and oxygen atoms in total. The Kier molecular flexibility index (Phi) is 3.52. The molecule has 0 saturated carbocycles. The molecular formula is C13H16N4O2. The summed E-state index contributed by atoms with van der Waals surface area (Å²) in [6.45, 7) is 2.91. The van der Waals surface area contributed by atoms with Crippen molar-refractivity contribution in [1.82, 2.24) is 15.0 Å². The van der Waals surface area contributed by atoms with Crippen LogP contribution in [0.5, 0.6) is 0 Å². The van der Waals surface area contributed by atoms with Crippen LogP contribution in [0.25, 0.3) is 11.2 Å². The van der Waals surface area contributed by atoms with E-state index < -0.39 is 0 Å². The summed E-state index contributed by atoms with van der Waals surface area (Å²) < 4.78 is 10.8. The number of anilines is 1. The molecule has 3 rings (SSSR count). The molecule has 0 spiro atoms. The minimum atomic E-state index is 0.0955. The number of ether oxygens (including phenoxy) is 2. The summed E-state index contributed by atoms with van der Waals surface area (Å²) in [5, 5.41) is 0. The largest absolute Gasteiger partial charge is 0.382 e. The topological polar surface area (TPSA) is 60.4 Å². The summed E-state index contributed by atoms with van der Waals surface area (Å²) in [5.74, 6) is 0.914. The van der Waals surface area contributed by atoms with Gasteiger partial charge in [0, 0.05) is 32.6 Å². The highest BCUT2D eigenvalue weighted by Gasteiger charge is 2.21. The third-order valence-electron chi connectivity index (χ3n) is 3.13. The second-order valence-corrected chi connectivity index (χ2v) is 4.46. The lowest BCUT2D eigenvalue weighted by molar-refractivity contribution is -0.0102. The van der Waals surface area contributed by atoms with E-state index >= 15 is 0 Å². The molecule has 0 aromatic carbocycles. The Balaban J connectivity index is 1.83. The van der Waals surface area contributed by atoms with Gasteiger partial charge in [0.05, 0.1) is 19.3 Å². The normalized spacial score (nSPS) is 19.8. The Labute approximate surface area is 111 Å². The Morgan fingerprint density at radius 1 is 1.37 bits per heavy atom. The summed E-state index contributed by atoms with van der Waals surface area (Å²) in [4.78, 5) is 15.2. The van der Waals surface area contributed by atoms with Gasteiger partial charge >= 0.3 is 0 Å². The van der Waals surface area contributed by atoms with Crippen LogP contribution in [-0.2, 0) is 9.47 Å². The van der Waals surface area contributed by atoms with Crippen LogP contribution in [0, 0.1) is 0 Å². The van der Waals surface area contributed by atoms with E-state index in [1.807, 2.05) is 12.1 Å². The maximum absolute atomic E-state index is 5.64. The van der Waals surface area contributed by atoms with E-state index in [-0.39, 0.29) is 6.10 Å². The number of morpholine rings is 1. The van der Waals surface area contributed by atoms with Crippen LogP contribution >= 0.6 is 0 Å². The third-order valence-corrected chi connectivity index (χ3v) is 3.13. The maximum atomic E-state index is 5.64. The fourth-order valence-corrected chi connectivity index (χ4v) is 2.23. The molecule has 2 aromatic heterocycles. The molecule has 0 bridgehead atoms. The zero-order chi connectivity index (χ0) is 13.1. The zero-order valence-corrected chi connectivity index (χ0v) is 10.8. The summed E-state index contributed by atoms with van der Waals surface area (Å²) >= 11 is 0. The van der Waals surface area contributed by atoms with Crippen LogP contribution < -0.4 is 4.90 Å². The monoisotopic (exact) mass is 260 g/mol. The number of fused-ring (bicyclic) bond motifs is 1. The van der Waals surface area contributed by atoms with Crippen molar-refractivity contribution in [2.24, 2.45) is 0 Å². The minimum Gasteiger partial charge on any atom is -0.382 e. The predicted octanol–water partition coefficient (Wildman–Crippen LogP) is 0.876. The summed E-state index contributed by atoms with van der Waals surface area (Å²) in [7, 11) is 1.69. The highest BCUT2D eigenvalue weighted by atomic mass is 16.5. The van der Waals surface area contributed by atoms with Gasteiger partial charge in [-0.1, -0.05) is 0 Å². The van der Waals surface area contributed by atoms with Gasteiger partial charge in [-0.2, -0.15) is 0 Å². The van der Waals surface area contributed by atoms with Gasteiger partial charge in [-0.25, -0.2) is 9.97 Å². The SMILES string of the molecule is COC[C@H]1CN(c2ccc3nccnc3n2)CCO1. The second kappa shape index (κ2) is 5.46. The Bertz CT molecular complexity index is 561. The van der Waals surface area contributed by atoms with Gasteiger partial charge in [-0.3, -0.25) is 4.98 Å². The Morgan fingerprint density at radius 2 is 2.26 bits per heavy atom. The van der Waals surface area contributed by atoms with E-state index in [1.165, 1.54) is 0 Å². The summed E-state index contributed by atoms with van der Waals surface area (Å²) in [5.41, 5.74) is 1.49. The van der Waals surface area contributed by atoms with E-state index in [9.17, 15) is 0 Å². The van der Waals surface area contributed by atoms with E-state index in [4.69, 9.17) is 9.47 Å². The van der Waals surface area contributed by atoms with Crippen LogP contribution in [0.15, 0.2) is 24.5 Å². The van der Waals surface area contributed by atoms with Crippen molar-refractivity contribution in [1.29, 1.82) is 0 Å². The molecular weight excluding hydrogens is 244 g/mol. The van der Waals surface area contributed by atoms with Crippen LogP contribution in [0.4, 0.5) is 5.82 Å². The first-order valence-corrected chi connectivity index (χ1v) is 6.30. The van der Waals surface area contributed by atoms with Gasteiger partial charge in [0.25, 0.3) is 0 Å². The van der Waals surface area contributed by atoms with Crippen molar-refractivity contribution in [2.75, 3.05) is 38.3 Å². The lowest BCUT2D eigenvalue weighted by Gasteiger charge is -2.33. The molecule has 1 saturated heterocycles. The molecule has 0 N–H and O–H groups in total. The fraction of sp³-hybridized carbons (Fsp3) is 0.462. The Morgan fingerprint density at radius 3 is 3.16 bits per heavy atom. The van der Waals surface area contributed by atoms with Gasteiger partial charge in [0.2, 0.25) is 0 Å². The van der Waals surface area contributed by atoms with E-state index in [0.717, 1.165) is 24.4 Å². The zero-order valence-electron chi connectivity index (χ0n) is 10.8. The van der Waals surface area contributed by atoms with Crippen LogP contribution in [0.2, 0.25) is 0 Å². The first kappa shape index (κ1) is 12.3. The molecule has 0 amide bonds. The van der Waals surface area contributed by atoms with Crippen molar-refractivity contribution in [2.45, 2.75) is 6.10 Å². The average Bonchev–Trinajstić information content (AvgIpc) is 2.47. The van der Waals surface area contributed by atoms with Crippen molar-refractivity contribution >= 4 is 17.0 Å². The lowest BCUT2D eigenvalue weighted by Crippen LogP contribution is -2.44. The fourth-order valence-electron chi connectivity index (χ4n) is 2.23. The van der Waals surface area contributed by atoms with Crippen LogP contribution in [0.1, 0.15) is 0 Å². The summed E-state index contributed by atoms with van der Waals surface area (Å²) in [6, 6.07) is 3.93. The second-order valence-electron chi connectivity index (χ2n) is 4.46. The minimum absolute atomic E-state index is 0.0955. The van der Waals surface area contributed by atoms with Crippen LogP contribution in [-0.4, -0.2) is 54.5 Å². The molecule has 1 atom stereocenters. The van der Waals surface area contributed by atoms with Crippen molar-refractivity contribution < 1.29 is 9.47 Å². The van der Waals surface area contributed by atoms with E-state index in [0.29, 0.717) is 18.9 Å². The molecule has 1 aliphatic heterocycles. The van der Waals surface area contributed by atoms with Gasteiger partial charge in [0.1, 0.15) is 11.3 Å². The smallest absolute Gasteiger partial charge is 0.180 e. The van der Waals surface area contributed by atoms with Gasteiger partial charge < -0.3 is 14.4 Å². The molecule has 1 aliphatic rings. The number of nitrogens with zero attached hydrogens (tertiary/aromatic N) is 4. The predicted molar refractivity (Wildman–Crippen MR) is 71.2 cm³/mol. The van der Waals surface area contributed by atoms with Gasteiger partial charge in [0.15, 0.2) is 5.65 Å². The molecule has 0 unspecified atom stereocenters. The van der Waals surface area contributed by atoms with Crippen LogP contribution in [0.3, 0.4) is 0 Å². The average molecular weight is 260 g/mol. The number of rotatable bonds is 3. The molecule has 6 heteroatoms. The number of hydrogen-bond donors (Lipinski definition) is 0. The quantitative estimate of drug-likeness (QED) is 0.816. The number of aromatic nitrogens is 3. The molecule has 3 heterocycles. The number of methoxy groups -OCH3 is 1. The number of pyridine rings is 1. The first-order chi connectivity index (χ1) is 9.36. The molecule has 0 aliphatic carbocycles. The Hall–Kier alpha value is -1.79. The van der Waals surface area contributed by atoms with Gasteiger partial charge in [-0.05, 0) is 12.1 Å². The lowest BCUT2D eigenvalue weighted by atomic mass is 10.2. The molecule has 100 valence electrons. The van der Waals surface area contributed by atoms with Crippen molar-refractivity contribution in [3.05, 3.63) is 24.5 Å². The molecule has 19 heavy (non-hydrogen) atoms. The highest BCUT2D eigenvalue weighted by Crippen LogP contribution is 2.17. The van der Waals surface area contributed by atoms with E-state index in [2.05, 4.69) is 19.9 Å². The summed E-state index contributed by atoms with van der Waals surface area (Å²) in [6.07, 6.45) is 3.43. The van der Waals surface area contributed by atoms with Crippen molar-refractivity contribution in [3.8, 4) is 0 Å². The maximum Gasteiger partial charge on any atom is 0.180 e. The van der Waals surface area contributed by atoms with Gasteiger partial charge in [-0.15, -0.1) is 0 Å². The standard InChI is InChI=1S/C13H16N4O2/c1-18-9-10-8-17(6-7-19-10)12-3-2-11-13(16-12)15-5-4-14-11/h2-5,10H,6-9H2,1H3/t10-/m1/s1. The molecule has 2 aromatic rings. The van der Waals surface area contributed by atoms with E-state index in [1.54, 1.807) is 19.5 Å². The number of hydrogen-bond acceptors (Lipinski definition) is 6. The highest BCUT2D eigenvalue weighted by molar-refractivity contribution is 5.71. The first-order valence-electron chi connectivity index (χ1n) is 6.30.